The number of carbonyl (C=O) groups is 1. The highest BCUT2D eigenvalue weighted by molar-refractivity contribution is 5.94. The van der Waals surface area contributed by atoms with E-state index >= 15 is 0 Å². The van der Waals surface area contributed by atoms with Crippen molar-refractivity contribution >= 4 is 5.78 Å². The van der Waals surface area contributed by atoms with Crippen LogP contribution in [0.5, 0.6) is 0 Å². The molecule has 0 radical (unpaired) electrons. The van der Waals surface area contributed by atoms with E-state index in [1.807, 2.05) is 0 Å². The molecule has 0 aromatic carbocycles. The fourth-order valence-electron chi connectivity index (χ4n) is 0.688. The second-order valence-corrected chi connectivity index (χ2v) is 3.06. The predicted molar refractivity (Wildman–Crippen MR) is 47.6 cm³/mol. The predicted octanol–water partition coefficient (Wildman–Crippen LogP) is 1.52. The third-order valence-electron chi connectivity index (χ3n) is 1.38. The first-order valence-corrected chi connectivity index (χ1v) is 3.96. The summed E-state index contributed by atoms with van der Waals surface area (Å²) < 4.78 is 0. The van der Waals surface area contributed by atoms with Crippen molar-refractivity contribution in [2.75, 3.05) is 6.54 Å². The zero-order valence-electron chi connectivity index (χ0n) is 7.61. The molecular formula is C9H17NO. The van der Waals surface area contributed by atoms with Crippen LogP contribution in [0.25, 0.3) is 0 Å². The van der Waals surface area contributed by atoms with Crippen molar-refractivity contribution in [2.45, 2.75) is 33.2 Å². The quantitative estimate of drug-likeness (QED) is 0.610. The van der Waals surface area contributed by atoms with E-state index < -0.39 is 0 Å². The molecule has 0 aromatic rings. The lowest BCUT2D eigenvalue weighted by molar-refractivity contribution is -0.115. The van der Waals surface area contributed by atoms with Gasteiger partial charge in [0.1, 0.15) is 0 Å². The number of hydrogen-bond donors (Lipinski definition) is 1. The molecule has 0 unspecified atom stereocenters. The zero-order chi connectivity index (χ0) is 8.85. The second kappa shape index (κ2) is 5.08. The molecule has 0 aliphatic carbocycles. The monoisotopic (exact) mass is 155 g/mol. The van der Waals surface area contributed by atoms with Crippen LogP contribution in [0.15, 0.2) is 12.2 Å². The van der Waals surface area contributed by atoms with E-state index in [9.17, 15) is 4.79 Å². The Morgan fingerprint density at radius 2 is 2.09 bits per heavy atom. The number of hydrogen-bond acceptors (Lipinski definition) is 2. The Morgan fingerprint density at radius 3 is 2.45 bits per heavy atom. The average molecular weight is 155 g/mol. The van der Waals surface area contributed by atoms with Crippen molar-refractivity contribution in [3.63, 3.8) is 0 Å². The van der Waals surface area contributed by atoms with Crippen molar-refractivity contribution in [1.82, 2.24) is 5.32 Å². The van der Waals surface area contributed by atoms with E-state index in [0.29, 0.717) is 18.0 Å². The van der Waals surface area contributed by atoms with Gasteiger partial charge in [-0.15, -0.1) is 0 Å². The van der Waals surface area contributed by atoms with Gasteiger partial charge in [0.2, 0.25) is 0 Å². The van der Waals surface area contributed by atoms with E-state index in [1.54, 1.807) is 6.92 Å². The number of ketones is 1. The Morgan fingerprint density at radius 1 is 1.55 bits per heavy atom. The summed E-state index contributed by atoms with van der Waals surface area (Å²) in [6.45, 7) is 10.2. The van der Waals surface area contributed by atoms with Gasteiger partial charge in [-0.25, -0.2) is 0 Å². The standard InChI is InChI=1S/C9H17NO/c1-7(2)9(11)5-6-10-8(3)4/h8,10H,1,5-6H2,2-4H3. The van der Waals surface area contributed by atoms with Crippen molar-refractivity contribution in [1.29, 1.82) is 0 Å². The van der Waals surface area contributed by atoms with Gasteiger partial charge in [0.15, 0.2) is 5.78 Å². The van der Waals surface area contributed by atoms with Crippen molar-refractivity contribution in [3.05, 3.63) is 12.2 Å². The molecule has 2 heteroatoms. The van der Waals surface area contributed by atoms with Gasteiger partial charge < -0.3 is 5.32 Å². The molecule has 1 N–H and O–H groups in total. The maximum absolute atomic E-state index is 11.0. The third-order valence-corrected chi connectivity index (χ3v) is 1.38. The first-order chi connectivity index (χ1) is 5.04. The summed E-state index contributed by atoms with van der Waals surface area (Å²) in [5.41, 5.74) is 0.649. The van der Waals surface area contributed by atoms with E-state index in [4.69, 9.17) is 0 Å². The summed E-state index contributed by atoms with van der Waals surface area (Å²) in [7, 11) is 0. The maximum Gasteiger partial charge on any atom is 0.159 e. The number of carbonyl (C=O) groups excluding carboxylic acids is 1. The van der Waals surface area contributed by atoms with Crippen molar-refractivity contribution < 1.29 is 4.79 Å². The van der Waals surface area contributed by atoms with Gasteiger partial charge in [-0.2, -0.15) is 0 Å². The molecule has 0 bridgehead atoms. The summed E-state index contributed by atoms with van der Waals surface area (Å²) in [5, 5.41) is 3.17. The number of Topliss-reactive ketones (excluding diaryl/α,β-unsaturated/α-hetero) is 1. The lowest BCUT2D eigenvalue weighted by atomic mass is 10.1. The number of rotatable bonds is 5. The van der Waals surface area contributed by atoms with Gasteiger partial charge in [-0.05, 0) is 12.5 Å². The highest BCUT2D eigenvalue weighted by Crippen LogP contribution is 1.93. The van der Waals surface area contributed by atoms with Crippen LogP contribution < -0.4 is 5.32 Å². The first-order valence-electron chi connectivity index (χ1n) is 3.96. The highest BCUT2D eigenvalue weighted by Gasteiger charge is 2.01. The normalized spacial score (nSPS) is 10.2. The molecular weight excluding hydrogens is 138 g/mol. The van der Waals surface area contributed by atoms with Crippen LogP contribution >= 0.6 is 0 Å². The van der Waals surface area contributed by atoms with Crippen LogP contribution in [0.4, 0.5) is 0 Å². The fourth-order valence-corrected chi connectivity index (χ4v) is 0.688. The molecule has 0 spiro atoms. The van der Waals surface area contributed by atoms with Gasteiger partial charge in [-0.3, -0.25) is 4.79 Å². The second-order valence-electron chi connectivity index (χ2n) is 3.06. The molecule has 0 aromatic heterocycles. The minimum absolute atomic E-state index is 0.151. The Hall–Kier alpha value is -0.630. The van der Waals surface area contributed by atoms with E-state index in [2.05, 4.69) is 25.7 Å². The molecule has 0 aliphatic heterocycles. The lowest BCUT2D eigenvalue weighted by Crippen LogP contribution is -2.25. The topological polar surface area (TPSA) is 29.1 Å². The Labute approximate surface area is 68.7 Å². The molecule has 0 saturated heterocycles. The first kappa shape index (κ1) is 10.4. The minimum atomic E-state index is 0.151. The molecule has 0 amide bonds. The van der Waals surface area contributed by atoms with Gasteiger partial charge in [-0.1, -0.05) is 20.4 Å². The molecule has 0 heterocycles. The molecule has 2 nitrogen and oxygen atoms in total. The van der Waals surface area contributed by atoms with Crippen LogP contribution in [0, 0.1) is 0 Å². The Balaban J connectivity index is 3.40. The Bertz CT molecular complexity index is 150. The average Bonchev–Trinajstić information content (AvgIpc) is 1.86. The molecule has 0 fully saturated rings. The van der Waals surface area contributed by atoms with Crippen LogP contribution in [0.2, 0.25) is 0 Å². The van der Waals surface area contributed by atoms with Gasteiger partial charge >= 0.3 is 0 Å². The molecule has 11 heavy (non-hydrogen) atoms. The number of allylic oxidation sites excluding steroid dienone is 1. The summed E-state index contributed by atoms with van der Waals surface area (Å²) >= 11 is 0. The molecule has 0 aliphatic rings. The van der Waals surface area contributed by atoms with Crippen LogP contribution in [0.3, 0.4) is 0 Å². The van der Waals surface area contributed by atoms with Crippen LogP contribution in [-0.4, -0.2) is 18.4 Å². The molecule has 64 valence electrons. The summed E-state index contributed by atoms with van der Waals surface area (Å²) in [6, 6.07) is 0.452. The SMILES string of the molecule is C=C(C)C(=O)CCNC(C)C. The largest absolute Gasteiger partial charge is 0.314 e. The lowest BCUT2D eigenvalue weighted by Gasteiger charge is -2.06. The molecule has 0 saturated carbocycles. The zero-order valence-corrected chi connectivity index (χ0v) is 7.61. The van der Waals surface area contributed by atoms with Crippen LogP contribution in [0.1, 0.15) is 27.2 Å². The molecule has 0 rings (SSSR count). The summed E-state index contributed by atoms with van der Waals surface area (Å²) in [4.78, 5) is 11.0. The van der Waals surface area contributed by atoms with E-state index in [0.717, 1.165) is 6.54 Å². The van der Waals surface area contributed by atoms with Crippen molar-refractivity contribution in [3.8, 4) is 0 Å². The minimum Gasteiger partial charge on any atom is -0.314 e. The number of nitrogens with one attached hydrogen (secondary N) is 1. The van der Waals surface area contributed by atoms with Gasteiger partial charge in [0.05, 0.1) is 0 Å². The highest BCUT2D eigenvalue weighted by atomic mass is 16.1. The van der Waals surface area contributed by atoms with E-state index in [-0.39, 0.29) is 5.78 Å². The summed E-state index contributed by atoms with van der Waals surface area (Å²) in [6.07, 6.45) is 0.563. The fraction of sp³-hybridized carbons (Fsp3) is 0.667. The van der Waals surface area contributed by atoms with E-state index in [1.165, 1.54) is 0 Å². The van der Waals surface area contributed by atoms with Gasteiger partial charge in [0, 0.05) is 19.0 Å². The smallest absolute Gasteiger partial charge is 0.159 e. The summed E-state index contributed by atoms with van der Waals surface area (Å²) in [5.74, 6) is 0.151. The maximum atomic E-state index is 11.0. The van der Waals surface area contributed by atoms with Crippen molar-refractivity contribution in [2.24, 2.45) is 0 Å². The van der Waals surface area contributed by atoms with Crippen LogP contribution in [-0.2, 0) is 4.79 Å². The molecule has 0 atom stereocenters. The Kier molecular flexibility index (Phi) is 4.79. The third kappa shape index (κ3) is 5.80. The van der Waals surface area contributed by atoms with Gasteiger partial charge in [0.25, 0.3) is 0 Å².